The zero-order valence-electron chi connectivity index (χ0n) is 14.6. The second-order valence-corrected chi connectivity index (χ2v) is 7.68. The van der Waals surface area contributed by atoms with Crippen molar-refractivity contribution in [3.63, 3.8) is 0 Å². The van der Waals surface area contributed by atoms with Crippen LogP contribution >= 0.6 is 11.6 Å². The molecule has 9 heteroatoms. The lowest BCUT2D eigenvalue weighted by Crippen LogP contribution is -2.56. The van der Waals surface area contributed by atoms with Crippen molar-refractivity contribution in [2.45, 2.75) is 37.8 Å². The molecule has 2 fully saturated rings. The van der Waals surface area contributed by atoms with Crippen LogP contribution in [0.4, 0.5) is 16.3 Å². The Bertz CT molecular complexity index is 668. The molecular formula is C17H24ClN5O3. The van der Waals surface area contributed by atoms with E-state index in [9.17, 15) is 4.79 Å². The summed E-state index contributed by atoms with van der Waals surface area (Å²) in [6.45, 7) is 4.06. The number of halogens is 1. The topological polar surface area (TPSA) is 90.8 Å². The molecule has 0 aromatic carbocycles. The van der Waals surface area contributed by atoms with Crippen molar-refractivity contribution >= 4 is 29.2 Å². The van der Waals surface area contributed by atoms with Gasteiger partial charge in [0.2, 0.25) is 5.28 Å². The summed E-state index contributed by atoms with van der Waals surface area (Å²) in [7, 11) is 0. The smallest absolute Gasteiger partial charge is 0.404 e. The van der Waals surface area contributed by atoms with E-state index in [1.807, 2.05) is 6.20 Å². The average molecular weight is 382 g/mol. The Morgan fingerprint density at radius 1 is 1.38 bits per heavy atom. The molecule has 26 heavy (non-hydrogen) atoms. The number of nitrogens with one attached hydrogen (secondary N) is 1. The summed E-state index contributed by atoms with van der Waals surface area (Å²) in [5.74, 6) is 1.45. The van der Waals surface area contributed by atoms with Crippen LogP contribution in [0.1, 0.15) is 25.7 Å². The Morgan fingerprint density at radius 2 is 2.19 bits per heavy atom. The Labute approximate surface area is 157 Å². The fraction of sp³-hybridized carbons (Fsp3) is 0.706. The van der Waals surface area contributed by atoms with Gasteiger partial charge in [-0.25, -0.2) is 9.78 Å². The number of carboxylic acid groups (broad SMARTS) is 1. The van der Waals surface area contributed by atoms with E-state index in [0.29, 0.717) is 19.1 Å². The van der Waals surface area contributed by atoms with Crippen molar-refractivity contribution < 1.29 is 14.6 Å². The van der Waals surface area contributed by atoms with Crippen LogP contribution in [-0.2, 0) is 4.74 Å². The number of hydrogen-bond acceptors (Lipinski definition) is 6. The predicted molar refractivity (Wildman–Crippen MR) is 98.1 cm³/mol. The van der Waals surface area contributed by atoms with E-state index >= 15 is 0 Å². The maximum atomic E-state index is 10.8. The first-order valence-corrected chi connectivity index (χ1v) is 9.59. The van der Waals surface area contributed by atoms with Gasteiger partial charge in [0.15, 0.2) is 5.82 Å². The van der Waals surface area contributed by atoms with Crippen LogP contribution in [0.3, 0.4) is 0 Å². The third kappa shape index (κ3) is 3.66. The lowest BCUT2D eigenvalue weighted by atomic mass is 9.85. The number of hydrogen-bond donors (Lipinski definition) is 2. The van der Waals surface area contributed by atoms with Crippen LogP contribution in [0.25, 0.3) is 0 Å². The quantitative estimate of drug-likeness (QED) is 0.773. The molecule has 0 bridgehead atoms. The Hall–Kier alpha value is -1.80. The number of aromatic nitrogens is 2. The third-order valence-electron chi connectivity index (χ3n) is 5.64. The number of nitrogens with zero attached hydrogens (tertiary/aromatic N) is 4. The van der Waals surface area contributed by atoms with Gasteiger partial charge in [-0.05, 0) is 43.2 Å². The highest BCUT2D eigenvalue weighted by atomic mass is 35.5. The highest BCUT2D eigenvalue weighted by molar-refractivity contribution is 6.28. The minimum Gasteiger partial charge on any atom is -0.465 e. The van der Waals surface area contributed by atoms with E-state index in [4.69, 9.17) is 21.4 Å². The molecule has 2 aliphatic heterocycles. The molecule has 142 valence electrons. The summed E-state index contributed by atoms with van der Waals surface area (Å²) in [4.78, 5) is 24.1. The van der Waals surface area contributed by atoms with E-state index in [2.05, 4.69) is 25.1 Å². The minimum absolute atomic E-state index is 0.0850. The van der Waals surface area contributed by atoms with Gasteiger partial charge in [0.1, 0.15) is 0 Å². The predicted octanol–water partition coefficient (Wildman–Crippen LogP) is 1.98. The van der Waals surface area contributed by atoms with Gasteiger partial charge in [0.05, 0.1) is 31.1 Å². The van der Waals surface area contributed by atoms with Crippen molar-refractivity contribution in [1.82, 2.24) is 15.3 Å². The van der Waals surface area contributed by atoms with Gasteiger partial charge >= 0.3 is 6.09 Å². The van der Waals surface area contributed by atoms with Gasteiger partial charge in [0, 0.05) is 25.7 Å². The van der Waals surface area contributed by atoms with Gasteiger partial charge in [0.25, 0.3) is 0 Å². The van der Waals surface area contributed by atoms with Crippen molar-refractivity contribution in [3.8, 4) is 0 Å². The van der Waals surface area contributed by atoms with E-state index < -0.39 is 6.09 Å². The second kappa shape index (κ2) is 7.44. The molecule has 1 aromatic heterocycles. The Balaban J connectivity index is 1.46. The fourth-order valence-electron chi connectivity index (χ4n) is 4.37. The SMILES string of the molecule is O=C(O)NC1CCC(CN2C[C@@H]3COCCN3c3nc(Cl)ncc32)CC1. The molecule has 1 aromatic rings. The van der Waals surface area contributed by atoms with E-state index in [0.717, 1.165) is 56.8 Å². The maximum absolute atomic E-state index is 10.8. The molecule has 1 saturated carbocycles. The summed E-state index contributed by atoms with van der Waals surface area (Å²) < 4.78 is 5.66. The van der Waals surface area contributed by atoms with Crippen LogP contribution < -0.4 is 15.1 Å². The van der Waals surface area contributed by atoms with Crippen LogP contribution in [0, 0.1) is 5.92 Å². The lowest BCUT2D eigenvalue weighted by molar-refractivity contribution is 0.0932. The molecule has 3 aliphatic rings. The highest BCUT2D eigenvalue weighted by Gasteiger charge is 2.36. The normalized spacial score (nSPS) is 28.3. The Kier molecular flexibility index (Phi) is 5.04. The standard InChI is InChI=1S/C17H24ClN5O3/c18-16-19-7-14-15(21-16)23-5-6-26-10-13(23)9-22(14)8-11-1-3-12(4-2-11)20-17(24)25/h7,11-13,20H,1-6,8-10H2,(H,24,25)/t11?,12?,13-/m1/s1. The number of morpholine rings is 1. The largest absolute Gasteiger partial charge is 0.465 e. The number of ether oxygens (including phenoxy) is 1. The van der Waals surface area contributed by atoms with Crippen LogP contribution in [0.15, 0.2) is 6.20 Å². The first-order valence-electron chi connectivity index (χ1n) is 9.21. The number of amides is 1. The van der Waals surface area contributed by atoms with E-state index in [-0.39, 0.29) is 17.4 Å². The zero-order valence-corrected chi connectivity index (χ0v) is 15.4. The fourth-order valence-corrected chi connectivity index (χ4v) is 4.50. The summed E-state index contributed by atoms with van der Waals surface area (Å²) in [6, 6.07) is 0.369. The van der Waals surface area contributed by atoms with Gasteiger partial charge in [-0.1, -0.05) is 0 Å². The average Bonchev–Trinajstić information content (AvgIpc) is 2.63. The number of rotatable bonds is 3. The molecule has 1 amide bonds. The van der Waals surface area contributed by atoms with Crippen LogP contribution in [0.2, 0.25) is 5.28 Å². The summed E-state index contributed by atoms with van der Waals surface area (Å²) in [5, 5.41) is 11.8. The molecule has 1 saturated heterocycles. The molecule has 4 rings (SSSR count). The molecule has 2 N–H and O–H groups in total. The second-order valence-electron chi connectivity index (χ2n) is 7.34. The van der Waals surface area contributed by atoms with Gasteiger partial charge < -0.3 is 25.0 Å². The summed E-state index contributed by atoms with van der Waals surface area (Å²) in [5.41, 5.74) is 1.04. The number of carbonyl (C=O) groups is 1. The van der Waals surface area contributed by atoms with Crippen molar-refractivity contribution in [1.29, 1.82) is 0 Å². The van der Waals surface area contributed by atoms with Gasteiger partial charge in [-0.3, -0.25) is 0 Å². The molecule has 0 spiro atoms. The molecular weight excluding hydrogens is 358 g/mol. The third-order valence-corrected chi connectivity index (χ3v) is 5.83. The number of anilines is 2. The van der Waals surface area contributed by atoms with Crippen LogP contribution in [-0.4, -0.2) is 66.1 Å². The van der Waals surface area contributed by atoms with E-state index in [1.165, 1.54) is 0 Å². The molecule has 3 heterocycles. The molecule has 1 atom stereocenters. The first kappa shape index (κ1) is 17.6. The highest BCUT2D eigenvalue weighted by Crippen LogP contribution is 2.37. The van der Waals surface area contributed by atoms with Crippen molar-refractivity contribution in [3.05, 3.63) is 11.5 Å². The minimum atomic E-state index is -0.926. The first-order chi connectivity index (χ1) is 12.6. The van der Waals surface area contributed by atoms with Gasteiger partial charge in [-0.15, -0.1) is 0 Å². The number of fused-ring (bicyclic) bond motifs is 3. The van der Waals surface area contributed by atoms with Crippen molar-refractivity contribution in [2.75, 3.05) is 42.6 Å². The maximum Gasteiger partial charge on any atom is 0.404 e. The monoisotopic (exact) mass is 381 g/mol. The summed E-state index contributed by atoms with van der Waals surface area (Å²) in [6.07, 6.45) is 4.74. The zero-order chi connectivity index (χ0) is 18.1. The molecule has 0 radical (unpaired) electrons. The van der Waals surface area contributed by atoms with Gasteiger partial charge in [-0.2, -0.15) is 4.98 Å². The van der Waals surface area contributed by atoms with Crippen LogP contribution in [0.5, 0.6) is 0 Å². The van der Waals surface area contributed by atoms with Crippen molar-refractivity contribution in [2.24, 2.45) is 5.92 Å². The Morgan fingerprint density at radius 3 is 2.96 bits per heavy atom. The molecule has 0 unspecified atom stereocenters. The molecule has 8 nitrogen and oxygen atoms in total. The van der Waals surface area contributed by atoms with E-state index in [1.54, 1.807) is 0 Å². The lowest BCUT2D eigenvalue weighted by Gasteiger charge is -2.46. The molecule has 1 aliphatic carbocycles. The summed E-state index contributed by atoms with van der Waals surface area (Å²) >= 11 is 6.05.